The molecule has 0 atom stereocenters. The molecule has 0 N–H and O–H groups in total. The molecule has 1 aromatic carbocycles. The lowest BCUT2D eigenvalue weighted by Crippen LogP contribution is -1.85. The maximum atomic E-state index is 12.8. The second kappa shape index (κ2) is 7.13. The maximum absolute atomic E-state index is 12.8. The summed E-state index contributed by atoms with van der Waals surface area (Å²) in [6, 6.07) is 6.78. The third kappa shape index (κ3) is 4.87. The highest BCUT2D eigenvalue weighted by atomic mass is 35.5. The predicted molar refractivity (Wildman–Crippen MR) is 62.5 cm³/mol. The molecule has 0 radical (unpaired) electrons. The smallest absolute Gasteiger partial charge is 0.123 e. The monoisotopic (exact) mass is 232 g/mol. The fourth-order valence-corrected chi connectivity index (χ4v) is 2.27. The molecule has 14 heavy (non-hydrogen) atoms. The van der Waals surface area contributed by atoms with Crippen molar-refractivity contribution in [3.05, 3.63) is 35.6 Å². The summed E-state index contributed by atoms with van der Waals surface area (Å²) in [5.41, 5.74) is 1.06. The average Bonchev–Trinajstić information content (AvgIpc) is 2.18. The van der Waals surface area contributed by atoms with E-state index in [1.165, 1.54) is 6.07 Å². The Morgan fingerprint density at radius 1 is 1.29 bits per heavy atom. The van der Waals surface area contributed by atoms with Gasteiger partial charge >= 0.3 is 0 Å². The Balaban J connectivity index is 2.18. The van der Waals surface area contributed by atoms with Crippen molar-refractivity contribution < 1.29 is 4.39 Å². The fraction of sp³-hybridized carbons (Fsp3) is 0.455. The lowest BCUT2D eigenvalue weighted by molar-refractivity contribution is 0.626. The number of alkyl halides is 1. The van der Waals surface area contributed by atoms with Gasteiger partial charge in [-0.15, -0.1) is 11.6 Å². The van der Waals surface area contributed by atoms with Crippen LogP contribution in [0.5, 0.6) is 0 Å². The molecular formula is C11H14ClFS. The zero-order valence-corrected chi connectivity index (χ0v) is 9.58. The van der Waals surface area contributed by atoms with Gasteiger partial charge in [-0.2, -0.15) is 11.8 Å². The lowest BCUT2D eigenvalue weighted by atomic mass is 10.2. The summed E-state index contributed by atoms with van der Waals surface area (Å²) in [6.45, 7) is 0. The summed E-state index contributed by atoms with van der Waals surface area (Å²) in [5.74, 6) is 2.58. The summed E-state index contributed by atoms with van der Waals surface area (Å²) in [6.07, 6.45) is 2.21. The van der Waals surface area contributed by atoms with Crippen LogP contribution in [-0.4, -0.2) is 11.6 Å². The standard InChI is InChI=1S/C11H14ClFS/c12-6-1-2-7-14-9-10-4-3-5-11(13)8-10/h3-5,8H,1-2,6-7,9H2. The third-order valence-electron chi connectivity index (χ3n) is 1.83. The molecule has 0 saturated heterocycles. The van der Waals surface area contributed by atoms with Crippen molar-refractivity contribution in [1.82, 2.24) is 0 Å². The Morgan fingerprint density at radius 3 is 2.86 bits per heavy atom. The molecule has 0 fully saturated rings. The van der Waals surface area contributed by atoms with Gasteiger partial charge in [-0.05, 0) is 36.3 Å². The van der Waals surface area contributed by atoms with E-state index in [1.54, 1.807) is 12.1 Å². The number of unbranched alkanes of at least 4 members (excludes halogenated alkanes) is 1. The molecule has 0 bridgehead atoms. The van der Waals surface area contributed by atoms with Gasteiger partial charge in [0.15, 0.2) is 0 Å². The van der Waals surface area contributed by atoms with E-state index in [2.05, 4.69) is 0 Å². The zero-order valence-electron chi connectivity index (χ0n) is 8.01. The Kier molecular flexibility index (Phi) is 6.04. The van der Waals surface area contributed by atoms with E-state index in [0.29, 0.717) is 0 Å². The zero-order chi connectivity index (χ0) is 10.2. The number of thioether (sulfide) groups is 1. The van der Waals surface area contributed by atoms with Crippen LogP contribution in [0.4, 0.5) is 4.39 Å². The minimum Gasteiger partial charge on any atom is -0.207 e. The van der Waals surface area contributed by atoms with Crippen molar-refractivity contribution >= 4 is 23.4 Å². The molecule has 0 amide bonds. The van der Waals surface area contributed by atoms with Gasteiger partial charge in [0.25, 0.3) is 0 Å². The van der Waals surface area contributed by atoms with Crippen LogP contribution in [0.15, 0.2) is 24.3 Å². The molecule has 0 aliphatic heterocycles. The van der Waals surface area contributed by atoms with Crippen LogP contribution in [0.25, 0.3) is 0 Å². The van der Waals surface area contributed by atoms with Gasteiger partial charge in [0.2, 0.25) is 0 Å². The van der Waals surface area contributed by atoms with Crippen molar-refractivity contribution in [1.29, 1.82) is 0 Å². The molecule has 0 saturated carbocycles. The second-order valence-corrected chi connectivity index (χ2v) is 4.56. The molecule has 78 valence electrons. The molecule has 1 rings (SSSR count). The molecule has 0 heterocycles. The van der Waals surface area contributed by atoms with Crippen LogP contribution < -0.4 is 0 Å². The largest absolute Gasteiger partial charge is 0.207 e. The van der Waals surface area contributed by atoms with E-state index < -0.39 is 0 Å². The van der Waals surface area contributed by atoms with Crippen LogP contribution >= 0.6 is 23.4 Å². The molecule has 0 unspecified atom stereocenters. The first-order chi connectivity index (χ1) is 6.83. The molecule has 1 aromatic rings. The Labute approximate surface area is 93.8 Å². The van der Waals surface area contributed by atoms with E-state index >= 15 is 0 Å². The van der Waals surface area contributed by atoms with E-state index in [-0.39, 0.29) is 5.82 Å². The van der Waals surface area contributed by atoms with Crippen LogP contribution in [0.1, 0.15) is 18.4 Å². The van der Waals surface area contributed by atoms with Crippen LogP contribution in [-0.2, 0) is 5.75 Å². The van der Waals surface area contributed by atoms with Crippen LogP contribution in [0.2, 0.25) is 0 Å². The maximum Gasteiger partial charge on any atom is 0.123 e. The number of benzene rings is 1. The van der Waals surface area contributed by atoms with Crippen molar-refractivity contribution in [3.8, 4) is 0 Å². The minimum absolute atomic E-state index is 0.149. The Bertz CT molecular complexity index is 265. The minimum atomic E-state index is -0.149. The van der Waals surface area contributed by atoms with Gasteiger partial charge in [-0.3, -0.25) is 0 Å². The van der Waals surface area contributed by atoms with E-state index in [0.717, 1.165) is 35.8 Å². The summed E-state index contributed by atoms with van der Waals surface area (Å²) in [4.78, 5) is 0. The molecule has 3 heteroatoms. The van der Waals surface area contributed by atoms with Crippen molar-refractivity contribution in [2.24, 2.45) is 0 Å². The van der Waals surface area contributed by atoms with Gasteiger partial charge in [0.05, 0.1) is 0 Å². The van der Waals surface area contributed by atoms with Crippen molar-refractivity contribution in [3.63, 3.8) is 0 Å². The van der Waals surface area contributed by atoms with Crippen LogP contribution in [0.3, 0.4) is 0 Å². The van der Waals surface area contributed by atoms with Gasteiger partial charge < -0.3 is 0 Å². The first kappa shape index (κ1) is 11.9. The number of rotatable bonds is 6. The van der Waals surface area contributed by atoms with Gasteiger partial charge in [-0.1, -0.05) is 12.1 Å². The molecule has 0 aromatic heterocycles. The van der Waals surface area contributed by atoms with Crippen molar-refractivity contribution in [2.45, 2.75) is 18.6 Å². The highest BCUT2D eigenvalue weighted by molar-refractivity contribution is 7.98. The first-order valence-corrected chi connectivity index (χ1v) is 6.40. The molecule has 0 aliphatic carbocycles. The Hall–Kier alpha value is -0.210. The summed E-state index contributed by atoms with van der Waals surface area (Å²) < 4.78 is 12.8. The number of hydrogen-bond acceptors (Lipinski definition) is 1. The summed E-state index contributed by atoms with van der Waals surface area (Å²) in [7, 11) is 0. The van der Waals surface area contributed by atoms with Gasteiger partial charge in [0.1, 0.15) is 5.82 Å². The number of hydrogen-bond donors (Lipinski definition) is 0. The SMILES string of the molecule is Fc1cccc(CSCCCCCl)c1. The fourth-order valence-electron chi connectivity index (χ4n) is 1.12. The normalized spacial score (nSPS) is 10.4. The summed E-state index contributed by atoms with van der Waals surface area (Å²) >= 11 is 7.39. The first-order valence-electron chi connectivity index (χ1n) is 4.71. The molecule has 0 spiro atoms. The lowest BCUT2D eigenvalue weighted by Gasteiger charge is -2.01. The van der Waals surface area contributed by atoms with E-state index in [9.17, 15) is 4.39 Å². The highest BCUT2D eigenvalue weighted by Gasteiger charge is 1.95. The average molecular weight is 233 g/mol. The topological polar surface area (TPSA) is 0 Å². The van der Waals surface area contributed by atoms with E-state index in [1.807, 2.05) is 17.8 Å². The van der Waals surface area contributed by atoms with Crippen LogP contribution in [0, 0.1) is 5.82 Å². The highest BCUT2D eigenvalue weighted by Crippen LogP contribution is 2.14. The number of halogens is 2. The molecule has 0 aliphatic rings. The quantitative estimate of drug-likeness (QED) is 0.526. The predicted octanol–water partition coefficient (Wildman–Crippen LogP) is 4.08. The van der Waals surface area contributed by atoms with Gasteiger partial charge in [0, 0.05) is 11.6 Å². The van der Waals surface area contributed by atoms with Crippen molar-refractivity contribution in [2.75, 3.05) is 11.6 Å². The van der Waals surface area contributed by atoms with Gasteiger partial charge in [-0.25, -0.2) is 4.39 Å². The second-order valence-electron chi connectivity index (χ2n) is 3.08. The summed E-state index contributed by atoms with van der Waals surface area (Å²) in [5, 5.41) is 0. The van der Waals surface area contributed by atoms with E-state index in [4.69, 9.17) is 11.6 Å². The molecule has 0 nitrogen and oxygen atoms in total. The Morgan fingerprint density at radius 2 is 2.14 bits per heavy atom. The molecular weight excluding hydrogens is 219 g/mol. The third-order valence-corrected chi connectivity index (χ3v) is 3.21.